The second kappa shape index (κ2) is 15.7. The molecule has 0 radical (unpaired) electrons. The Labute approximate surface area is 352 Å². The fourth-order valence-corrected chi connectivity index (χ4v) is 9.03. The third-order valence-corrected chi connectivity index (χ3v) is 12.3. The summed E-state index contributed by atoms with van der Waals surface area (Å²) in [6.45, 7) is 6.91. The lowest BCUT2D eigenvalue weighted by molar-refractivity contribution is -0.133. The van der Waals surface area contributed by atoms with E-state index in [0.717, 1.165) is 31.4 Å². The summed E-state index contributed by atoms with van der Waals surface area (Å²) in [6, 6.07) is 14.1. The van der Waals surface area contributed by atoms with E-state index in [0.29, 0.717) is 64.7 Å². The Morgan fingerprint density at radius 3 is 2.49 bits per heavy atom. The summed E-state index contributed by atoms with van der Waals surface area (Å²) < 4.78 is 25.8. The maximum Gasteiger partial charge on any atom is 0.410 e. The number of halogens is 3. The summed E-state index contributed by atoms with van der Waals surface area (Å²) in [5.41, 5.74) is 3.34. The molecule has 306 valence electrons. The van der Waals surface area contributed by atoms with Gasteiger partial charge in [0.15, 0.2) is 5.82 Å². The van der Waals surface area contributed by atoms with Gasteiger partial charge < -0.3 is 24.0 Å². The number of amides is 3. The van der Waals surface area contributed by atoms with Gasteiger partial charge >= 0.3 is 6.09 Å². The number of hydrogen-bond donors (Lipinski definition) is 0. The van der Waals surface area contributed by atoms with Crippen molar-refractivity contribution >= 4 is 62.9 Å². The van der Waals surface area contributed by atoms with Gasteiger partial charge in [0.05, 0.1) is 39.4 Å². The smallest absolute Gasteiger partial charge is 0.410 e. The number of hydrogen-bond acceptors (Lipinski definition) is 7. The summed E-state index contributed by atoms with van der Waals surface area (Å²) in [6.07, 6.45) is 5.41. The monoisotopic (exact) mass is 837 g/mol. The Hall–Kier alpha value is -5.25. The number of benzene rings is 2. The highest BCUT2D eigenvalue weighted by molar-refractivity contribution is 6.43. The minimum atomic E-state index is -0.688. The van der Waals surface area contributed by atoms with Gasteiger partial charge in [0.2, 0.25) is 5.91 Å². The van der Waals surface area contributed by atoms with E-state index < -0.39 is 17.5 Å². The number of aryl methyl sites for hydroxylation is 1. The topological polar surface area (TPSA) is 125 Å². The molecule has 3 aromatic heterocycles. The third-order valence-electron chi connectivity index (χ3n) is 11.5. The lowest BCUT2D eigenvalue weighted by Gasteiger charge is -2.29. The van der Waals surface area contributed by atoms with Gasteiger partial charge in [0, 0.05) is 85.4 Å². The molecule has 3 fully saturated rings. The molecule has 8 rings (SSSR count). The molecule has 2 aliphatic heterocycles. The minimum absolute atomic E-state index is 0.0172. The molecule has 0 spiro atoms. The number of carbonyl (C=O) groups excluding carboxylic acids is 3. The lowest BCUT2D eigenvalue weighted by Crippen LogP contribution is -2.36. The lowest BCUT2D eigenvalue weighted by atomic mass is 9.92. The van der Waals surface area contributed by atoms with Crippen LogP contribution >= 0.6 is 23.2 Å². The van der Waals surface area contributed by atoms with Gasteiger partial charge in [-0.1, -0.05) is 35.3 Å². The number of fused-ring (bicyclic) bond motifs is 3. The highest BCUT2D eigenvalue weighted by Gasteiger charge is 2.42. The highest BCUT2D eigenvalue weighted by Crippen LogP contribution is 2.47. The zero-order valence-corrected chi connectivity index (χ0v) is 35.3. The molecule has 2 unspecified atom stereocenters. The molecule has 3 amide bonds. The van der Waals surface area contributed by atoms with Gasteiger partial charge in [-0.05, 0) is 95.2 Å². The van der Waals surface area contributed by atoms with E-state index in [-0.39, 0.29) is 69.5 Å². The molecule has 1 saturated carbocycles. The van der Waals surface area contributed by atoms with Crippen LogP contribution in [0.3, 0.4) is 0 Å². The Morgan fingerprint density at radius 2 is 1.81 bits per heavy atom. The van der Waals surface area contributed by atoms with E-state index in [1.54, 1.807) is 55.5 Å². The zero-order valence-electron chi connectivity index (χ0n) is 33.8. The summed E-state index contributed by atoms with van der Waals surface area (Å²) in [7, 11) is 3.31. The molecular formula is C45H46Cl2FN7O4. The summed E-state index contributed by atoms with van der Waals surface area (Å²) in [4.78, 5) is 55.0. The van der Waals surface area contributed by atoms with Crippen LogP contribution in [0.1, 0.15) is 93.1 Å². The molecule has 11 nitrogen and oxygen atoms in total. The number of nitrogens with zero attached hydrogens (tertiary/aromatic N) is 7. The summed E-state index contributed by atoms with van der Waals surface area (Å²) >= 11 is 13.3. The standard InChI is InChI=1S/C45H46Cl2FN7O4/c1-45(2,3)59-44(58)53-20-17-28(24-53)55-35(34-12-8-19-54(34)42(56)25-13-14-25)22-31-39(27-15-16-33(50-23-27)43(57)52(4)5)51-40-30(41(31)55)21-26(9-7-18-49)36(38(40)48)29-10-6-11-32(46)37(29)47/h6,10-11,15-16,21-23,25,28,34H,7-9,12-14,17,19-20,24H2,1-5H3. The Bertz CT molecular complexity index is 2560. The summed E-state index contributed by atoms with van der Waals surface area (Å²) in [5, 5.41) is 11.4. The largest absolute Gasteiger partial charge is 0.444 e. The van der Waals surface area contributed by atoms with Crippen molar-refractivity contribution in [2.24, 2.45) is 5.92 Å². The van der Waals surface area contributed by atoms with E-state index in [9.17, 15) is 19.6 Å². The van der Waals surface area contributed by atoms with Crippen molar-refractivity contribution < 1.29 is 23.5 Å². The Balaban J connectivity index is 1.44. The molecule has 5 aromatic rings. The van der Waals surface area contributed by atoms with Crippen molar-refractivity contribution in [1.82, 2.24) is 29.2 Å². The van der Waals surface area contributed by atoms with Crippen molar-refractivity contribution in [2.75, 3.05) is 33.7 Å². The number of rotatable bonds is 8. The number of likely N-dealkylation sites (tertiary alicyclic amines) is 2. The molecular weight excluding hydrogens is 792 g/mol. The first-order chi connectivity index (χ1) is 28.2. The number of aromatic nitrogens is 3. The second-order valence-corrected chi connectivity index (χ2v) is 17.8. The number of nitriles is 1. The predicted octanol–water partition coefficient (Wildman–Crippen LogP) is 9.78. The van der Waals surface area contributed by atoms with E-state index >= 15 is 4.39 Å². The van der Waals surface area contributed by atoms with Crippen LogP contribution < -0.4 is 0 Å². The average molecular weight is 839 g/mol. The van der Waals surface area contributed by atoms with Gasteiger partial charge in [0.25, 0.3) is 5.91 Å². The predicted molar refractivity (Wildman–Crippen MR) is 226 cm³/mol. The third kappa shape index (κ3) is 7.59. The van der Waals surface area contributed by atoms with E-state index in [4.69, 9.17) is 32.9 Å². The van der Waals surface area contributed by atoms with Crippen molar-refractivity contribution in [3.8, 4) is 28.5 Å². The quantitative estimate of drug-likeness (QED) is 0.152. The maximum absolute atomic E-state index is 17.8. The van der Waals surface area contributed by atoms with Crippen molar-refractivity contribution in [3.63, 3.8) is 0 Å². The van der Waals surface area contributed by atoms with E-state index in [2.05, 4.69) is 21.7 Å². The Morgan fingerprint density at radius 1 is 1.03 bits per heavy atom. The molecule has 2 saturated heterocycles. The van der Waals surface area contributed by atoms with Gasteiger partial charge in [-0.25, -0.2) is 14.2 Å². The molecule has 5 heterocycles. The SMILES string of the molecule is CN(C)C(=O)c1ccc(-c2nc3c(F)c(-c4cccc(Cl)c4Cl)c(CCC#N)cc3c3c2cc(C2CCCN2C(=O)C2CC2)n3C2CCN(C(=O)OC(C)(C)C)C2)cn1. The maximum atomic E-state index is 17.8. The first kappa shape index (κ1) is 40.5. The first-order valence-corrected chi connectivity index (χ1v) is 20.9. The van der Waals surface area contributed by atoms with Crippen LogP contribution in [-0.2, 0) is 16.0 Å². The van der Waals surface area contributed by atoms with Crippen molar-refractivity contribution in [1.29, 1.82) is 5.26 Å². The number of pyridine rings is 2. The van der Waals surface area contributed by atoms with Crippen LogP contribution in [0.5, 0.6) is 0 Å². The molecule has 0 N–H and O–H groups in total. The van der Waals surface area contributed by atoms with Crippen LogP contribution in [-0.4, -0.2) is 86.5 Å². The van der Waals surface area contributed by atoms with Crippen LogP contribution in [0.15, 0.2) is 48.7 Å². The molecule has 0 bridgehead atoms. The van der Waals surface area contributed by atoms with Gasteiger partial charge in [0.1, 0.15) is 16.8 Å². The fraction of sp³-hybridized carbons (Fsp3) is 0.422. The van der Waals surface area contributed by atoms with Gasteiger partial charge in [-0.15, -0.1) is 0 Å². The minimum Gasteiger partial charge on any atom is -0.444 e. The number of carbonyl (C=O) groups is 3. The second-order valence-electron chi connectivity index (χ2n) is 17.0. The van der Waals surface area contributed by atoms with Crippen molar-refractivity contribution in [2.45, 2.75) is 83.4 Å². The first-order valence-electron chi connectivity index (χ1n) is 20.1. The van der Waals surface area contributed by atoms with Crippen LogP contribution in [0.4, 0.5) is 9.18 Å². The van der Waals surface area contributed by atoms with Gasteiger partial charge in [-0.2, -0.15) is 5.26 Å². The van der Waals surface area contributed by atoms with E-state index in [1.807, 2.05) is 31.7 Å². The molecule has 14 heteroatoms. The van der Waals surface area contributed by atoms with Crippen LogP contribution in [0, 0.1) is 23.1 Å². The van der Waals surface area contributed by atoms with E-state index in [1.165, 1.54) is 4.90 Å². The van der Waals surface area contributed by atoms with Crippen LogP contribution in [0.25, 0.3) is 44.2 Å². The Kier molecular flexibility index (Phi) is 10.8. The number of ether oxygens (including phenoxy) is 1. The average Bonchev–Trinajstić information content (AvgIpc) is 3.54. The summed E-state index contributed by atoms with van der Waals surface area (Å²) in [5.74, 6) is -0.730. The molecule has 2 atom stereocenters. The van der Waals surface area contributed by atoms with Crippen LogP contribution in [0.2, 0.25) is 10.0 Å². The fourth-order valence-electron chi connectivity index (χ4n) is 8.64. The van der Waals surface area contributed by atoms with Crippen molar-refractivity contribution in [3.05, 3.63) is 81.5 Å². The molecule has 3 aliphatic rings. The molecule has 59 heavy (non-hydrogen) atoms. The van der Waals surface area contributed by atoms with Gasteiger partial charge in [-0.3, -0.25) is 14.6 Å². The zero-order chi connectivity index (χ0) is 41.9. The molecule has 1 aliphatic carbocycles. The molecule has 2 aromatic carbocycles. The normalized spacial score (nSPS) is 18.2. The highest BCUT2D eigenvalue weighted by atomic mass is 35.5.